The molecule has 4 rings (SSSR count). The average molecular weight is 400 g/mol. The molecular formula is C20H25N5O2S. The fourth-order valence-corrected chi connectivity index (χ4v) is 4.23. The molecule has 1 aliphatic rings. The molecule has 3 heterocycles. The van der Waals surface area contributed by atoms with Crippen LogP contribution in [0.25, 0.3) is 10.8 Å². The van der Waals surface area contributed by atoms with Crippen molar-refractivity contribution in [2.45, 2.75) is 51.4 Å². The smallest absolute Gasteiger partial charge is 0.271 e. The second kappa shape index (κ2) is 8.26. The molecule has 1 amide bonds. The van der Waals surface area contributed by atoms with E-state index in [4.69, 9.17) is 4.42 Å². The molecule has 1 fully saturated rings. The Labute approximate surface area is 168 Å². The van der Waals surface area contributed by atoms with Crippen molar-refractivity contribution in [3.63, 3.8) is 0 Å². The van der Waals surface area contributed by atoms with Gasteiger partial charge in [-0.05, 0) is 55.0 Å². The van der Waals surface area contributed by atoms with Gasteiger partial charge in [-0.2, -0.15) is 5.10 Å². The van der Waals surface area contributed by atoms with Crippen LogP contribution in [0.1, 0.15) is 73.4 Å². The van der Waals surface area contributed by atoms with Crippen LogP contribution in [0.5, 0.6) is 0 Å². The van der Waals surface area contributed by atoms with E-state index >= 15 is 0 Å². The fourth-order valence-electron chi connectivity index (χ4n) is 3.59. The van der Waals surface area contributed by atoms with Gasteiger partial charge in [0.25, 0.3) is 11.8 Å². The minimum absolute atomic E-state index is 0.109. The summed E-state index contributed by atoms with van der Waals surface area (Å²) < 4.78 is 5.89. The molecule has 0 aliphatic heterocycles. The van der Waals surface area contributed by atoms with Gasteiger partial charge in [-0.3, -0.25) is 9.89 Å². The molecule has 0 spiro atoms. The van der Waals surface area contributed by atoms with Gasteiger partial charge in [0, 0.05) is 18.2 Å². The normalized spacial score (nSPS) is 19.8. The Balaban J connectivity index is 1.26. The summed E-state index contributed by atoms with van der Waals surface area (Å²) in [5.41, 5.74) is 1.44. The van der Waals surface area contributed by atoms with Crippen LogP contribution in [-0.2, 0) is 0 Å². The van der Waals surface area contributed by atoms with Crippen LogP contribution in [0.3, 0.4) is 0 Å². The highest BCUT2D eigenvalue weighted by Crippen LogP contribution is 2.36. The first-order valence-electron chi connectivity index (χ1n) is 9.81. The van der Waals surface area contributed by atoms with Crippen molar-refractivity contribution in [1.82, 2.24) is 25.7 Å². The third-order valence-corrected chi connectivity index (χ3v) is 6.23. The van der Waals surface area contributed by atoms with E-state index in [9.17, 15) is 4.79 Å². The Hall–Kier alpha value is -2.48. The van der Waals surface area contributed by atoms with E-state index in [2.05, 4.69) is 39.6 Å². The van der Waals surface area contributed by atoms with E-state index in [1.165, 1.54) is 0 Å². The van der Waals surface area contributed by atoms with Gasteiger partial charge in [-0.25, -0.2) is 0 Å². The number of rotatable bonds is 6. The van der Waals surface area contributed by atoms with Gasteiger partial charge in [0.1, 0.15) is 5.69 Å². The Bertz CT molecular complexity index is 907. The Morgan fingerprint density at radius 2 is 2.14 bits per heavy atom. The molecule has 148 valence electrons. The summed E-state index contributed by atoms with van der Waals surface area (Å²) in [4.78, 5) is 13.3. The first-order valence-corrected chi connectivity index (χ1v) is 10.7. The largest absolute Gasteiger partial charge is 0.420 e. The minimum atomic E-state index is -0.109. The van der Waals surface area contributed by atoms with Gasteiger partial charge >= 0.3 is 0 Å². The van der Waals surface area contributed by atoms with E-state index in [1.807, 2.05) is 23.6 Å². The highest BCUT2D eigenvalue weighted by atomic mass is 32.1. The molecule has 7 nitrogen and oxygen atoms in total. The van der Waals surface area contributed by atoms with Gasteiger partial charge in [0.2, 0.25) is 5.89 Å². The first kappa shape index (κ1) is 18.9. The third-order valence-electron chi connectivity index (χ3n) is 5.37. The molecule has 28 heavy (non-hydrogen) atoms. The monoisotopic (exact) mass is 399 g/mol. The molecular weight excluding hydrogens is 374 g/mol. The molecule has 2 N–H and O–H groups in total. The van der Waals surface area contributed by atoms with Crippen LogP contribution in [0.15, 0.2) is 28.0 Å². The molecule has 0 saturated heterocycles. The van der Waals surface area contributed by atoms with Gasteiger partial charge in [-0.15, -0.1) is 21.5 Å². The third kappa shape index (κ3) is 4.16. The Morgan fingerprint density at radius 1 is 1.32 bits per heavy atom. The number of hydrogen-bond donors (Lipinski definition) is 2. The van der Waals surface area contributed by atoms with E-state index < -0.39 is 0 Å². The van der Waals surface area contributed by atoms with E-state index in [0.717, 1.165) is 42.1 Å². The molecule has 1 saturated carbocycles. The molecule has 3 aromatic rings. The Morgan fingerprint density at radius 3 is 2.82 bits per heavy atom. The summed E-state index contributed by atoms with van der Waals surface area (Å²) >= 11 is 1.60. The highest BCUT2D eigenvalue weighted by Gasteiger charge is 2.27. The van der Waals surface area contributed by atoms with Crippen LogP contribution < -0.4 is 5.32 Å². The number of hydrogen-bond acceptors (Lipinski definition) is 6. The van der Waals surface area contributed by atoms with E-state index in [-0.39, 0.29) is 5.91 Å². The molecule has 1 aliphatic carbocycles. The lowest BCUT2D eigenvalue weighted by atomic mass is 9.82. The highest BCUT2D eigenvalue weighted by molar-refractivity contribution is 7.13. The van der Waals surface area contributed by atoms with Crippen molar-refractivity contribution in [3.05, 3.63) is 40.9 Å². The number of carbonyl (C=O) groups is 1. The summed E-state index contributed by atoms with van der Waals surface area (Å²) in [6, 6.07) is 5.80. The first-order chi connectivity index (χ1) is 13.6. The zero-order chi connectivity index (χ0) is 19.5. The number of amides is 1. The van der Waals surface area contributed by atoms with Crippen LogP contribution in [0, 0.1) is 5.92 Å². The second-order valence-corrected chi connectivity index (χ2v) is 8.66. The van der Waals surface area contributed by atoms with Crippen molar-refractivity contribution < 1.29 is 9.21 Å². The van der Waals surface area contributed by atoms with Gasteiger partial charge in [0.15, 0.2) is 0 Å². The SMILES string of the molecule is CC(C)c1cc(C(=O)NCC2CCC(c3nnc(-c4cccs4)o3)CC2)n[nH]1. The maximum absolute atomic E-state index is 12.3. The van der Waals surface area contributed by atoms with E-state index in [1.54, 1.807) is 11.3 Å². The predicted molar refractivity (Wildman–Crippen MR) is 107 cm³/mol. The Kier molecular flexibility index (Phi) is 5.57. The number of thiophene rings is 1. The molecule has 0 bridgehead atoms. The molecule has 3 aromatic heterocycles. The summed E-state index contributed by atoms with van der Waals surface area (Å²) in [5, 5.41) is 20.5. The quantitative estimate of drug-likeness (QED) is 0.642. The van der Waals surface area contributed by atoms with Gasteiger partial charge in [0.05, 0.1) is 4.88 Å². The maximum atomic E-state index is 12.3. The summed E-state index contributed by atoms with van der Waals surface area (Å²) in [6.45, 7) is 4.82. The zero-order valence-electron chi connectivity index (χ0n) is 16.1. The number of aromatic nitrogens is 4. The number of H-pyrrole nitrogens is 1. The van der Waals surface area contributed by atoms with Crippen LogP contribution in [0.2, 0.25) is 0 Å². The lowest BCUT2D eigenvalue weighted by molar-refractivity contribution is 0.0937. The zero-order valence-corrected chi connectivity index (χ0v) is 17.0. The summed E-state index contributed by atoms with van der Waals surface area (Å²) in [7, 11) is 0. The van der Waals surface area contributed by atoms with Crippen molar-refractivity contribution in [3.8, 4) is 10.8 Å². The molecule has 0 radical (unpaired) electrons. The lowest BCUT2D eigenvalue weighted by Gasteiger charge is -2.26. The lowest BCUT2D eigenvalue weighted by Crippen LogP contribution is -2.31. The van der Waals surface area contributed by atoms with Gasteiger partial charge < -0.3 is 9.73 Å². The number of nitrogens with one attached hydrogen (secondary N) is 2. The second-order valence-electron chi connectivity index (χ2n) is 7.71. The topological polar surface area (TPSA) is 96.7 Å². The summed E-state index contributed by atoms with van der Waals surface area (Å²) in [5.74, 6) is 2.36. The van der Waals surface area contributed by atoms with Crippen molar-refractivity contribution in [2.24, 2.45) is 5.92 Å². The van der Waals surface area contributed by atoms with Crippen LogP contribution in [-0.4, -0.2) is 32.8 Å². The number of nitrogens with zero attached hydrogens (tertiary/aromatic N) is 3. The number of carbonyl (C=O) groups excluding carboxylic acids is 1. The molecule has 0 atom stereocenters. The fraction of sp³-hybridized carbons (Fsp3) is 0.500. The molecule has 8 heteroatoms. The molecule has 0 aromatic carbocycles. The minimum Gasteiger partial charge on any atom is -0.420 e. The van der Waals surface area contributed by atoms with E-state index in [0.29, 0.717) is 35.9 Å². The van der Waals surface area contributed by atoms with Crippen LogP contribution in [0.4, 0.5) is 0 Å². The standard InChI is InChI=1S/C20H25N5O2S/c1-12(2)15-10-16(23-22-15)18(26)21-11-13-5-7-14(8-6-13)19-24-25-20(27-19)17-4-3-9-28-17/h3-4,9-10,12-14H,5-8,11H2,1-2H3,(H,21,26)(H,22,23). The van der Waals surface area contributed by atoms with Crippen molar-refractivity contribution in [2.75, 3.05) is 6.54 Å². The predicted octanol–water partition coefficient (Wildman–Crippen LogP) is 4.35. The van der Waals surface area contributed by atoms with Crippen molar-refractivity contribution >= 4 is 17.2 Å². The number of aromatic amines is 1. The maximum Gasteiger partial charge on any atom is 0.271 e. The summed E-state index contributed by atoms with van der Waals surface area (Å²) in [6.07, 6.45) is 4.10. The average Bonchev–Trinajstić information content (AvgIpc) is 3.47. The van der Waals surface area contributed by atoms with Crippen LogP contribution >= 0.6 is 11.3 Å². The molecule has 0 unspecified atom stereocenters. The van der Waals surface area contributed by atoms with Crippen molar-refractivity contribution in [1.29, 1.82) is 0 Å². The van der Waals surface area contributed by atoms with Gasteiger partial charge in [-0.1, -0.05) is 19.9 Å².